The first-order valence-corrected chi connectivity index (χ1v) is 15.1. The van der Waals surface area contributed by atoms with Crippen LogP contribution in [0.15, 0.2) is 36.4 Å². The van der Waals surface area contributed by atoms with Gasteiger partial charge in [0.25, 0.3) is 0 Å². The molecule has 2 aromatic carbocycles. The van der Waals surface area contributed by atoms with E-state index in [9.17, 15) is 18.0 Å². The van der Waals surface area contributed by atoms with E-state index in [0.717, 1.165) is 53.8 Å². The normalized spacial score (nSPS) is 15.2. The van der Waals surface area contributed by atoms with E-state index in [-0.39, 0.29) is 18.5 Å². The van der Waals surface area contributed by atoms with Crippen LogP contribution in [0.3, 0.4) is 0 Å². The van der Waals surface area contributed by atoms with Gasteiger partial charge in [-0.1, -0.05) is 66.2 Å². The molecule has 0 aliphatic heterocycles. The van der Waals surface area contributed by atoms with E-state index in [1.54, 1.807) is 44.2 Å². The van der Waals surface area contributed by atoms with Gasteiger partial charge in [-0.2, -0.15) is 0 Å². The number of nitrogens with zero attached hydrogens (tertiary/aromatic N) is 2. The Labute approximate surface area is 230 Å². The molecule has 1 atom stereocenters. The molecule has 1 N–H and O–H groups in total. The number of anilines is 1. The predicted molar refractivity (Wildman–Crippen MR) is 150 cm³/mol. The highest BCUT2D eigenvalue weighted by Crippen LogP contribution is 2.28. The zero-order valence-electron chi connectivity index (χ0n) is 21.8. The molecule has 0 heterocycles. The maximum atomic E-state index is 13.8. The molecule has 37 heavy (non-hydrogen) atoms. The largest absolute Gasteiger partial charge is 0.352 e. The first-order chi connectivity index (χ1) is 17.4. The summed E-state index contributed by atoms with van der Waals surface area (Å²) in [6.07, 6.45) is 6.12. The fraction of sp³-hybridized carbons (Fsp3) is 0.481. The number of aryl methyl sites for hydroxylation is 2. The number of carbonyl (C=O) groups is 2. The third-order valence-electron chi connectivity index (χ3n) is 6.81. The summed E-state index contributed by atoms with van der Waals surface area (Å²) in [5.74, 6) is -0.825. The molecule has 7 nitrogen and oxygen atoms in total. The maximum absolute atomic E-state index is 13.8. The number of carbonyl (C=O) groups excluding carboxylic acids is 2. The Morgan fingerprint density at radius 3 is 2.24 bits per heavy atom. The minimum atomic E-state index is -3.81. The predicted octanol–water partition coefficient (Wildman–Crippen LogP) is 5.24. The number of halogens is 2. The van der Waals surface area contributed by atoms with E-state index in [2.05, 4.69) is 5.32 Å². The molecular weight excluding hydrogens is 533 g/mol. The molecule has 1 saturated carbocycles. The molecule has 2 amide bonds. The number of rotatable bonds is 9. The standard InChI is InChI=1S/C27H35Cl2N3O4S/c1-18-13-14-25(19(2)15-18)32(37(4,35)36)17-26(33)31(16-22-23(28)11-8-12-24(22)29)20(3)27(34)30-21-9-6-5-7-10-21/h8,11-15,20-21H,5-7,9-10,16-17H2,1-4H3,(H,30,34)/t20-/m1/s1. The van der Waals surface area contributed by atoms with Crippen molar-refractivity contribution in [1.29, 1.82) is 0 Å². The van der Waals surface area contributed by atoms with Gasteiger partial charge < -0.3 is 10.2 Å². The van der Waals surface area contributed by atoms with Crippen molar-refractivity contribution in [2.24, 2.45) is 0 Å². The quantitative estimate of drug-likeness (QED) is 0.448. The molecule has 0 spiro atoms. The van der Waals surface area contributed by atoms with E-state index in [4.69, 9.17) is 23.2 Å². The second-order valence-electron chi connectivity index (χ2n) is 9.80. The van der Waals surface area contributed by atoms with Gasteiger partial charge in [-0.3, -0.25) is 13.9 Å². The number of hydrogen-bond acceptors (Lipinski definition) is 4. The van der Waals surface area contributed by atoms with Gasteiger partial charge >= 0.3 is 0 Å². The Hall–Kier alpha value is -2.29. The van der Waals surface area contributed by atoms with Crippen molar-refractivity contribution >= 4 is 50.7 Å². The van der Waals surface area contributed by atoms with Crippen molar-refractivity contribution in [3.8, 4) is 0 Å². The summed E-state index contributed by atoms with van der Waals surface area (Å²) in [5, 5.41) is 3.79. The summed E-state index contributed by atoms with van der Waals surface area (Å²) in [6.45, 7) is 4.84. The van der Waals surface area contributed by atoms with Crippen molar-refractivity contribution < 1.29 is 18.0 Å². The average Bonchev–Trinajstić information content (AvgIpc) is 2.82. The lowest BCUT2D eigenvalue weighted by Crippen LogP contribution is -2.53. The SMILES string of the molecule is Cc1ccc(N(CC(=O)N(Cc2c(Cl)cccc2Cl)[C@H](C)C(=O)NC2CCCCC2)S(C)(=O)=O)c(C)c1. The molecule has 2 aromatic rings. The van der Waals surface area contributed by atoms with Crippen molar-refractivity contribution in [1.82, 2.24) is 10.2 Å². The van der Waals surface area contributed by atoms with Crippen LogP contribution in [-0.4, -0.2) is 50.0 Å². The number of sulfonamides is 1. The van der Waals surface area contributed by atoms with Gasteiger partial charge in [0.1, 0.15) is 12.6 Å². The summed E-state index contributed by atoms with van der Waals surface area (Å²) < 4.78 is 26.7. The van der Waals surface area contributed by atoms with Crippen LogP contribution in [0.1, 0.15) is 55.7 Å². The minimum absolute atomic E-state index is 0.0406. The number of amides is 2. The zero-order chi connectivity index (χ0) is 27.3. The Morgan fingerprint density at radius 2 is 1.68 bits per heavy atom. The molecule has 1 aliphatic carbocycles. The van der Waals surface area contributed by atoms with Crippen LogP contribution in [0.5, 0.6) is 0 Å². The molecule has 3 rings (SSSR count). The Bertz CT molecular complexity index is 1230. The summed E-state index contributed by atoms with van der Waals surface area (Å²) in [7, 11) is -3.81. The average molecular weight is 569 g/mol. The van der Waals surface area contributed by atoms with Crippen LogP contribution in [0.25, 0.3) is 0 Å². The lowest BCUT2D eigenvalue weighted by atomic mass is 9.95. The molecule has 0 bridgehead atoms. The Balaban J connectivity index is 1.94. The fourth-order valence-corrected chi connectivity index (χ4v) is 6.11. The molecular formula is C27H35Cl2N3O4S. The number of hydrogen-bond donors (Lipinski definition) is 1. The van der Waals surface area contributed by atoms with Crippen molar-refractivity contribution in [3.63, 3.8) is 0 Å². The van der Waals surface area contributed by atoms with Crippen LogP contribution in [0.4, 0.5) is 5.69 Å². The van der Waals surface area contributed by atoms with Gasteiger partial charge in [0.05, 0.1) is 11.9 Å². The van der Waals surface area contributed by atoms with Crippen LogP contribution < -0.4 is 9.62 Å². The van der Waals surface area contributed by atoms with Gasteiger partial charge in [-0.15, -0.1) is 0 Å². The highest BCUT2D eigenvalue weighted by molar-refractivity contribution is 7.92. The lowest BCUT2D eigenvalue weighted by molar-refractivity contribution is -0.139. The molecule has 1 fully saturated rings. The van der Waals surface area contributed by atoms with E-state index in [0.29, 0.717) is 21.3 Å². The smallest absolute Gasteiger partial charge is 0.244 e. The van der Waals surface area contributed by atoms with E-state index in [1.165, 1.54) is 4.90 Å². The summed E-state index contributed by atoms with van der Waals surface area (Å²) >= 11 is 12.8. The first kappa shape index (κ1) is 29.3. The van der Waals surface area contributed by atoms with Gasteiger partial charge in [-0.05, 0) is 57.4 Å². The second kappa shape index (κ2) is 12.5. The van der Waals surface area contributed by atoms with E-state index < -0.39 is 28.5 Å². The number of nitrogens with one attached hydrogen (secondary N) is 1. The van der Waals surface area contributed by atoms with Crippen molar-refractivity contribution in [3.05, 3.63) is 63.1 Å². The topological polar surface area (TPSA) is 86.8 Å². The molecule has 0 radical (unpaired) electrons. The van der Waals surface area contributed by atoms with E-state index >= 15 is 0 Å². The molecule has 0 aromatic heterocycles. The fourth-order valence-electron chi connectivity index (χ4n) is 4.69. The highest BCUT2D eigenvalue weighted by Gasteiger charge is 2.32. The van der Waals surface area contributed by atoms with E-state index in [1.807, 2.05) is 13.0 Å². The third-order valence-corrected chi connectivity index (χ3v) is 8.64. The van der Waals surface area contributed by atoms with Crippen molar-refractivity contribution in [2.45, 2.75) is 71.5 Å². The molecule has 202 valence electrons. The van der Waals surface area contributed by atoms with Gasteiger partial charge in [0.15, 0.2) is 0 Å². The second-order valence-corrected chi connectivity index (χ2v) is 12.5. The zero-order valence-corrected chi connectivity index (χ0v) is 24.1. The highest BCUT2D eigenvalue weighted by atomic mass is 35.5. The lowest BCUT2D eigenvalue weighted by Gasteiger charge is -2.33. The summed E-state index contributed by atoms with van der Waals surface area (Å²) in [5.41, 5.74) is 2.61. The summed E-state index contributed by atoms with van der Waals surface area (Å²) in [4.78, 5) is 28.4. The monoisotopic (exact) mass is 567 g/mol. The summed E-state index contributed by atoms with van der Waals surface area (Å²) in [6, 6.07) is 9.56. The van der Waals surface area contributed by atoms with Crippen LogP contribution >= 0.6 is 23.2 Å². The minimum Gasteiger partial charge on any atom is -0.352 e. The van der Waals surface area contributed by atoms with Gasteiger partial charge in [0, 0.05) is 28.2 Å². The van der Waals surface area contributed by atoms with Crippen LogP contribution in [0, 0.1) is 13.8 Å². The Morgan fingerprint density at radius 1 is 1.05 bits per heavy atom. The molecule has 10 heteroatoms. The molecule has 1 aliphatic rings. The van der Waals surface area contributed by atoms with Crippen LogP contribution in [-0.2, 0) is 26.2 Å². The third kappa shape index (κ3) is 7.62. The first-order valence-electron chi connectivity index (χ1n) is 12.5. The van der Waals surface area contributed by atoms with Crippen LogP contribution in [0.2, 0.25) is 10.0 Å². The van der Waals surface area contributed by atoms with Crippen molar-refractivity contribution in [2.75, 3.05) is 17.1 Å². The molecule has 0 saturated heterocycles. The molecule has 0 unspecified atom stereocenters. The maximum Gasteiger partial charge on any atom is 0.244 e. The Kier molecular flexibility index (Phi) is 9.89. The number of benzene rings is 2. The van der Waals surface area contributed by atoms with Gasteiger partial charge in [-0.25, -0.2) is 8.42 Å². The van der Waals surface area contributed by atoms with Gasteiger partial charge in [0.2, 0.25) is 21.8 Å².